The number of allylic oxidation sites excluding steroid dienone is 13. The molecule has 0 N–H and O–H groups in total. The molecule has 18 rings (SSSR count). The van der Waals surface area contributed by atoms with Crippen LogP contribution in [0.2, 0.25) is 0 Å². The lowest BCUT2D eigenvalue weighted by Gasteiger charge is -2.38. The predicted octanol–water partition coefficient (Wildman–Crippen LogP) is 16.7. The van der Waals surface area contributed by atoms with Crippen LogP contribution in [0.1, 0.15) is 93.3 Å². The van der Waals surface area contributed by atoms with E-state index < -0.39 is 0 Å². The summed E-state index contributed by atoms with van der Waals surface area (Å²) in [4.78, 5) is 9.71. The van der Waals surface area contributed by atoms with Gasteiger partial charge in [0.15, 0.2) is 0 Å². The number of hydrogen-bond acceptors (Lipinski definition) is 2. The number of para-hydroxylation sites is 1. The van der Waals surface area contributed by atoms with Gasteiger partial charge in [-0.3, -0.25) is 9.97 Å². The second-order valence-electron chi connectivity index (χ2n) is 22.4. The average molecular weight is 971 g/mol. The molecule has 0 amide bonds. The highest BCUT2D eigenvalue weighted by Crippen LogP contribution is 2.69. The van der Waals surface area contributed by atoms with Crippen LogP contribution in [0.25, 0.3) is 78.0 Å². The first kappa shape index (κ1) is 41.5. The van der Waals surface area contributed by atoms with Gasteiger partial charge in [-0.05, 0) is 182 Å². The van der Waals surface area contributed by atoms with E-state index in [2.05, 4.69) is 222 Å². The highest BCUT2D eigenvalue weighted by molar-refractivity contribution is 6.13. The first-order valence-electron chi connectivity index (χ1n) is 27.5. The number of aromatic nitrogens is 4. The van der Waals surface area contributed by atoms with Crippen molar-refractivity contribution in [3.05, 3.63) is 286 Å². The van der Waals surface area contributed by atoms with E-state index in [0.29, 0.717) is 5.92 Å². The molecule has 0 radical (unpaired) electrons. The van der Waals surface area contributed by atoms with E-state index in [1.807, 2.05) is 12.4 Å². The summed E-state index contributed by atoms with van der Waals surface area (Å²) in [5, 5.41) is 4.09. The molecule has 358 valence electrons. The van der Waals surface area contributed by atoms with Gasteiger partial charge in [0, 0.05) is 75.8 Å². The monoisotopic (exact) mass is 970 g/mol. The van der Waals surface area contributed by atoms with Gasteiger partial charge in [0.1, 0.15) is 0 Å². The van der Waals surface area contributed by atoms with Crippen LogP contribution in [0, 0.1) is 5.92 Å². The van der Waals surface area contributed by atoms with Gasteiger partial charge in [0.25, 0.3) is 0 Å². The number of nitrogens with zero attached hydrogens (tertiary/aromatic N) is 4. The quantitative estimate of drug-likeness (QED) is 0.177. The second-order valence-corrected chi connectivity index (χ2v) is 22.4. The second kappa shape index (κ2) is 14.9. The van der Waals surface area contributed by atoms with Gasteiger partial charge in [-0.25, -0.2) is 0 Å². The fourth-order valence-corrected chi connectivity index (χ4v) is 16.7. The average Bonchev–Trinajstić information content (AvgIpc) is 3.93. The Kier molecular flexibility index (Phi) is 8.15. The van der Waals surface area contributed by atoms with E-state index in [9.17, 15) is 0 Å². The van der Waals surface area contributed by atoms with Crippen molar-refractivity contribution < 1.29 is 0 Å². The van der Waals surface area contributed by atoms with Crippen molar-refractivity contribution >= 4 is 44.4 Å². The van der Waals surface area contributed by atoms with E-state index in [-0.39, 0.29) is 22.7 Å². The number of benzene rings is 6. The number of pyridine rings is 2. The zero-order valence-electron chi connectivity index (χ0n) is 41.9. The molecular formula is C72H50N4. The Morgan fingerprint density at radius 2 is 1.28 bits per heavy atom. The van der Waals surface area contributed by atoms with Crippen LogP contribution < -0.4 is 0 Å². The number of rotatable bonds is 3. The molecule has 4 heterocycles. The van der Waals surface area contributed by atoms with Crippen molar-refractivity contribution in [3.8, 4) is 33.6 Å². The number of aryl methyl sites for hydroxylation is 1. The highest BCUT2D eigenvalue weighted by Gasteiger charge is 2.61. The third-order valence-electron chi connectivity index (χ3n) is 19.4. The maximum atomic E-state index is 4.86. The first-order chi connectivity index (χ1) is 37.7. The minimum absolute atomic E-state index is 0.272. The molecule has 10 aromatic rings. The molecule has 0 aliphatic heterocycles. The van der Waals surface area contributed by atoms with Crippen molar-refractivity contribution in [3.63, 3.8) is 0 Å². The van der Waals surface area contributed by atoms with E-state index in [0.717, 1.165) is 32.1 Å². The van der Waals surface area contributed by atoms with Crippen LogP contribution in [0.5, 0.6) is 0 Å². The van der Waals surface area contributed by atoms with Gasteiger partial charge in [0.2, 0.25) is 0 Å². The van der Waals surface area contributed by atoms with Gasteiger partial charge in [-0.2, -0.15) is 0 Å². The summed E-state index contributed by atoms with van der Waals surface area (Å²) in [6, 6.07) is 51.2. The van der Waals surface area contributed by atoms with Gasteiger partial charge < -0.3 is 9.13 Å². The van der Waals surface area contributed by atoms with Crippen molar-refractivity contribution in [2.24, 2.45) is 5.92 Å². The molecule has 6 aromatic carbocycles. The van der Waals surface area contributed by atoms with Crippen LogP contribution in [-0.4, -0.2) is 19.1 Å². The molecule has 4 heteroatoms. The van der Waals surface area contributed by atoms with E-state index in [4.69, 9.17) is 9.97 Å². The first-order valence-corrected chi connectivity index (χ1v) is 27.5. The molecule has 0 bridgehead atoms. The van der Waals surface area contributed by atoms with Crippen LogP contribution in [0.15, 0.2) is 230 Å². The normalized spacial score (nSPS) is 23.3. The summed E-state index contributed by atoms with van der Waals surface area (Å²) in [5.74, 6) is 0.909. The standard InChI is InChI=1S/C72H50N4/c1-7-19-57-47(13-1)51-37-39-73-41-61(51)71(57)59-21-9-3-15-49(59)53-33-35-65-67(69(53)71)55-17-5-11-23-63(55)75(65)45-29-25-43(26-30-45)44-27-31-46(32-28-44)76-64-24-12-6-18-56(64)68-66(76)36-34-54-50-16-4-10-22-60(50)72(70(54)68)58-20-8-2-14-48(58)52-38-40-74-42-62(52)72/h1-5,7,9-12,14-17,19,21-42,47,49,59H,6,8,13,18,20H2. The Morgan fingerprint density at radius 3 is 2.17 bits per heavy atom. The fourth-order valence-electron chi connectivity index (χ4n) is 16.7. The Balaban J connectivity index is 0.767. The smallest absolute Gasteiger partial charge is 0.0710 e. The van der Waals surface area contributed by atoms with Crippen molar-refractivity contribution in [1.82, 2.24) is 19.1 Å². The lowest BCUT2D eigenvalue weighted by atomic mass is 9.64. The molecule has 5 atom stereocenters. The molecule has 5 unspecified atom stereocenters. The SMILES string of the molecule is C1=CCC2C(=C1)C1(c3cnccc32)c2c(ccc3c2c2ccccc2n3-c2ccc(-c3ccc(-n4c5c(c6c7c(ccc64)-c4ccccc4C74C6=C(C=CCC6)c6ccncc64)CCC=C5)cc3)cc2)C2C=CC=CC21. The Labute approximate surface area is 441 Å². The highest BCUT2D eigenvalue weighted by atomic mass is 15.0. The van der Waals surface area contributed by atoms with Gasteiger partial charge in [0.05, 0.1) is 27.4 Å². The topological polar surface area (TPSA) is 35.6 Å². The lowest BCUT2D eigenvalue weighted by molar-refractivity contribution is 0.450. The van der Waals surface area contributed by atoms with Gasteiger partial charge in [-0.15, -0.1) is 0 Å². The van der Waals surface area contributed by atoms with Gasteiger partial charge in [-0.1, -0.05) is 140 Å². The third-order valence-corrected chi connectivity index (χ3v) is 19.4. The van der Waals surface area contributed by atoms with E-state index in [1.165, 1.54) is 139 Å². The summed E-state index contributed by atoms with van der Waals surface area (Å²) in [5.41, 5.74) is 29.0. The van der Waals surface area contributed by atoms with Crippen LogP contribution in [-0.2, 0) is 17.3 Å². The third kappa shape index (κ3) is 4.93. The Bertz CT molecular complexity index is 4500. The summed E-state index contributed by atoms with van der Waals surface area (Å²) in [6.07, 6.45) is 39.7. The molecule has 2 spiro atoms. The molecule has 4 nitrogen and oxygen atoms in total. The lowest BCUT2D eigenvalue weighted by Crippen LogP contribution is -2.34. The fraction of sp³-hybridized carbons (Fsp3) is 0.139. The molecule has 8 aliphatic carbocycles. The maximum Gasteiger partial charge on any atom is 0.0710 e. The zero-order valence-corrected chi connectivity index (χ0v) is 41.9. The van der Waals surface area contributed by atoms with Crippen LogP contribution >= 0.6 is 0 Å². The van der Waals surface area contributed by atoms with Crippen molar-refractivity contribution in [2.75, 3.05) is 0 Å². The summed E-state index contributed by atoms with van der Waals surface area (Å²) >= 11 is 0. The van der Waals surface area contributed by atoms with Crippen LogP contribution in [0.4, 0.5) is 0 Å². The summed E-state index contributed by atoms with van der Waals surface area (Å²) in [6.45, 7) is 0. The minimum atomic E-state index is -0.379. The molecule has 0 fully saturated rings. The predicted molar refractivity (Wildman–Crippen MR) is 309 cm³/mol. The molecule has 76 heavy (non-hydrogen) atoms. The molecule has 0 saturated heterocycles. The number of fused-ring (bicyclic) bond motifs is 27. The Hall–Kier alpha value is -8.86. The molecule has 0 saturated carbocycles. The molecule has 4 aromatic heterocycles. The van der Waals surface area contributed by atoms with E-state index in [1.54, 1.807) is 0 Å². The van der Waals surface area contributed by atoms with E-state index >= 15 is 0 Å². The van der Waals surface area contributed by atoms with Crippen molar-refractivity contribution in [1.29, 1.82) is 0 Å². The largest absolute Gasteiger partial charge is 0.310 e. The van der Waals surface area contributed by atoms with Crippen LogP contribution in [0.3, 0.4) is 0 Å². The molecule has 8 aliphatic rings. The van der Waals surface area contributed by atoms with Gasteiger partial charge >= 0.3 is 0 Å². The minimum Gasteiger partial charge on any atom is -0.310 e. The molecular weight excluding hydrogens is 921 g/mol. The maximum absolute atomic E-state index is 4.86. The zero-order chi connectivity index (χ0) is 49.4. The summed E-state index contributed by atoms with van der Waals surface area (Å²) < 4.78 is 5.06. The summed E-state index contributed by atoms with van der Waals surface area (Å²) in [7, 11) is 0. The number of hydrogen-bond donors (Lipinski definition) is 0. The Morgan fingerprint density at radius 1 is 0.526 bits per heavy atom. The van der Waals surface area contributed by atoms with Crippen molar-refractivity contribution in [2.45, 2.75) is 54.8 Å².